The van der Waals surface area contributed by atoms with E-state index in [1.54, 1.807) is 32.4 Å². The highest BCUT2D eigenvalue weighted by Crippen LogP contribution is 2.26. The minimum atomic E-state index is -0.0485. The molecule has 106 valence electrons. The highest BCUT2D eigenvalue weighted by Gasteiger charge is 2.11. The van der Waals surface area contributed by atoms with Gasteiger partial charge in [-0.3, -0.25) is 4.79 Å². The molecule has 0 aromatic heterocycles. The molecule has 1 unspecified atom stereocenters. The summed E-state index contributed by atoms with van der Waals surface area (Å²) in [5.41, 5.74) is 6.26. The monoisotopic (exact) mass is 266 g/mol. The number of benzene rings is 1. The summed E-state index contributed by atoms with van der Waals surface area (Å²) in [5, 5.41) is 2.84. The van der Waals surface area contributed by atoms with E-state index < -0.39 is 0 Å². The Bertz CT molecular complexity index is 395. The maximum absolute atomic E-state index is 11.9. The van der Waals surface area contributed by atoms with E-state index in [9.17, 15) is 4.79 Å². The summed E-state index contributed by atoms with van der Waals surface area (Å²) >= 11 is 0. The highest BCUT2D eigenvalue weighted by atomic mass is 16.5. The summed E-state index contributed by atoms with van der Waals surface area (Å²) in [7, 11) is 3.14. The Balaban J connectivity index is 2.72. The largest absolute Gasteiger partial charge is 0.497 e. The number of ether oxygens (including phenoxy) is 2. The quantitative estimate of drug-likeness (QED) is 0.792. The summed E-state index contributed by atoms with van der Waals surface area (Å²) in [6.07, 6.45) is 1.32. The molecule has 1 rings (SSSR count). The van der Waals surface area contributed by atoms with Crippen LogP contribution in [0.3, 0.4) is 0 Å². The number of rotatable bonds is 7. The van der Waals surface area contributed by atoms with Gasteiger partial charge in [-0.05, 0) is 12.5 Å². The number of carbonyl (C=O) groups is 1. The van der Waals surface area contributed by atoms with Gasteiger partial charge in [0.1, 0.15) is 11.5 Å². The van der Waals surface area contributed by atoms with Gasteiger partial charge < -0.3 is 20.5 Å². The molecule has 0 heterocycles. The molecule has 0 fully saturated rings. The van der Waals surface area contributed by atoms with Gasteiger partial charge in [-0.25, -0.2) is 0 Å². The van der Waals surface area contributed by atoms with Crippen molar-refractivity contribution in [3.05, 3.63) is 18.2 Å². The maximum atomic E-state index is 11.9. The van der Waals surface area contributed by atoms with Crippen LogP contribution in [-0.4, -0.2) is 26.7 Å². The van der Waals surface area contributed by atoms with Gasteiger partial charge in [-0.15, -0.1) is 0 Å². The molecule has 0 aliphatic rings. The van der Waals surface area contributed by atoms with E-state index in [0.29, 0.717) is 30.2 Å². The first kappa shape index (κ1) is 15.3. The summed E-state index contributed by atoms with van der Waals surface area (Å²) in [6, 6.07) is 5.26. The lowest BCUT2D eigenvalue weighted by atomic mass is 10.0. The lowest BCUT2D eigenvalue weighted by Gasteiger charge is -2.13. The van der Waals surface area contributed by atoms with Crippen molar-refractivity contribution >= 4 is 11.6 Å². The van der Waals surface area contributed by atoms with Gasteiger partial charge in [-0.1, -0.05) is 13.3 Å². The van der Waals surface area contributed by atoms with Crippen molar-refractivity contribution < 1.29 is 14.3 Å². The van der Waals surface area contributed by atoms with Crippen molar-refractivity contribution in [3.63, 3.8) is 0 Å². The highest BCUT2D eigenvalue weighted by molar-refractivity contribution is 5.91. The number of anilines is 1. The summed E-state index contributed by atoms with van der Waals surface area (Å²) < 4.78 is 10.3. The van der Waals surface area contributed by atoms with Crippen molar-refractivity contribution in [1.29, 1.82) is 0 Å². The number of methoxy groups -OCH3 is 2. The molecule has 0 aliphatic heterocycles. The van der Waals surface area contributed by atoms with Gasteiger partial charge in [0.05, 0.1) is 14.2 Å². The molecule has 0 saturated heterocycles. The summed E-state index contributed by atoms with van der Waals surface area (Å²) in [6.45, 7) is 2.55. The standard InChI is InChI=1S/C14H22N2O3/c1-4-10(9-15)5-14(17)16-11-6-12(18-2)8-13(7-11)19-3/h6-8,10H,4-5,9,15H2,1-3H3,(H,16,17). The number of hydrogen-bond acceptors (Lipinski definition) is 4. The van der Waals surface area contributed by atoms with Crippen LogP contribution in [0.2, 0.25) is 0 Å². The van der Waals surface area contributed by atoms with Gasteiger partial charge in [0, 0.05) is 30.3 Å². The second kappa shape index (κ2) is 7.63. The van der Waals surface area contributed by atoms with E-state index in [1.807, 2.05) is 6.92 Å². The van der Waals surface area contributed by atoms with Crippen LogP contribution in [0.4, 0.5) is 5.69 Å². The third-order valence-electron chi connectivity index (χ3n) is 3.02. The number of carbonyl (C=O) groups excluding carboxylic acids is 1. The molecule has 19 heavy (non-hydrogen) atoms. The summed E-state index contributed by atoms with van der Waals surface area (Å²) in [5.74, 6) is 1.45. The Morgan fingerprint density at radius 3 is 2.26 bits per heavy atom. The molecular weight excluding hydrogens is 244 g/mol. The van der Waals surface area contributed by atoms with E-state index in [4.69, 9.17) is 15.2 Å². The molecule has 0 aliphatic carbocycles. The molecule has 1 atom stereocenters. The zero-order valence-corrected chi connectivity index (χ0v) is 11.7. The smallest absolute Gasteiger partial charge is 0.224 e. The van der Waals surface area contributed by atoms with Crippen LogP contribution in [0.25, 0.3) is 0 Å². The van der Waals surface area contributed by atoms with Crippen molar-refractivity contribution in [2.45, 2.75) is 19.8 Å². The number of nitrogens with two attached hydrogens (primary N) is 1. The summed E-state index contributed by atoms with van der Waals surface area (Å²) in [4.78, 5) is 11.9. The molecule has 1 amide bonds. The van der Waals surface area contributed by atoms with E-state index in [0.717, 1.165) is 6.42 Å². The van der Waals surface area contributed by atoms with E-state index in [1.165, 1.54) is 0 Å². The first-order valence-corrected chi connectivity index (χ1v) is 6.35. The number of amides is 1. The van der Waals surface area contributed by atoms with E-state index in [-0.39, 0.29) is 11.8 Å². The van der Waals surface area contributed by atoms with Gasteiger partial charge >= 0.3 is 0 Å². The second-order valence-corrected chi connectivity index (χ2v) is 4.36. The van der Waals surface area contributed by atoms with Gasteiger partial charge in [0.15, 0.2) is 0 Å². The fourth-order valence-corrected chi connectivity index (χ4v) is 1.75. The molecule has 0 bridgehead atoms. The number of nitrogens with one attached hydrogen (secondary N) is 1. The van der Waals surface area contributed by atoms with E-state index in [2.05, 4.69) is 5.32 Å². The molecule has 1 aromatic carbocycles. The van der Waals surface area contributed by atoms with Crippen molar-refractivity contribution in [3.8, 4) is 11.5 Å². The molecule has 0 saturated carbocycles. The van der Waals surface area contributed by atoms with Gasteiger partial charge in [0.2, 0.25) is 5.91 Å². The predicted molar refractivity (Wildman–Crippen MR) is 75.6 cm³/mol. The first-order chi connectivity index (χ1) is 9.12. The lowest BCUT2D eigenvalue weighted by Crippen LogP contribution is -2.21. The fourth-order valence-electron chi connectivity index (χ4n) is 1.75. The molecule has 5 nitrogen and oxygen atoms in total. The van der Waals surface area contributed by atoms with E-state index >= 15 is 0 Å². The van der Waals surface area contributed by atoms with Crippen LogP contribution < -0.4 is 20.5 Å². The average Bonchev–Trinajstić information content (AvgIpc) is 2.44. The Morgan fingerprint density at radius 2 is 1.84 bits per heavy atom. The number of hydrogen-bond donors (Lipinski definition) is 2. The van der Waals surface area contributed by atoms with Crippen LogP contribution in [0.15, 0.2) is 18.2 Å². The van der Waals surface area contributed by atoms with Crippen LogP contribution in [0.1, 0.15) is 19.8 Å². The minimum absolute atomic E-state index is 0.0485. The van der Waals surface area contributed by atoms with Crippen molar-refractivity contribution in [1.82, 2.24) is 0 Å². The van der Waals surface area contributed by atoms with Gasteiger partial charge in [0.25, 0.3) is 0 Å². The molecule has 0 radical (unpaired) electrons. The Morgan fingerprint density at radius 1 is 1.26 bits per heavy atom. The van der Waals surface area contributed by atoms with Crippen LogP contribution in [0, 0.1) is 5.92 Å². The zero-order valence-electron chi connectivity index (χ0n) is 11.7. The SMILES string of the molecule is CCC(CN)CC(=O)Nc1cc(OC)cc(OC)c1. The van der Waals surface area contributed by atoms with Crippen LogP contribution >= 0.6 is 0 Å². The molecule has 0 spiro atoms. The molecule has 1 aromatic rings. The zero-order chi connectivity index (χ0) is 14.3. The molecular formula is C14H22N2O3. The predicted octanol–water partition coefficient (Wildman–Crippen LogP) is 2.02. The third kappa shape index (κ3) is 4.79. The maximum Gasteiger partial charge on any atom is 0.224 e. The molecule has 3 N–H and O–H groups in total. The second-order valence-electron chi connectivity index (χ2n) is 4.36. The Kier molecular flexibility index (Phi) is 6.15. The Labute approximate surface area is 114 Å². The van der Waals surface area contributed by atoms with Crippen LogP contribution in [0.5, 0.6) is 11.5 Å². The van der Waals surface area contributed by atoms with Crippen molar-refractivity contribution in [2.24, 2.45) is 11.7 Å². The fraction of sp³-hybridized carbons (Fsp3) is 0.500. The van der Waals surface area contributed by atoms with Gasteiger partial charge in [-0.2, -0.15) is 0 Å². The normalized spacial score (nSPS) is 11.8. The average molecular weight is 266 g/mol. The third-order valence-corrected chi connectivity index (χ3v) is 3.02. The Hall–Kier alpha value is -1.75. The van der Waals surface area contributed by atoms with Crippen molar-refractivity contribution in [2.75, 3.05) is 26.1 Å². The topological polar surface area (TPSA) is 73.6 Å². The minimum Gasteiger partial charge on any atom is -0.497 e. The van der Waals surface area contributed by atoms with Crippen LogP contribution in [-0.2, 0) is 4.79 Å². The lowest BCUT2D eigenvalue weighted by molar-refractivity contribution is -0.117. The first-order valence-electron chi connectivity index (χ1n) is 6.35. The molecule has 5 heteroatoms.